The van der Waals surface area contributed by atoms with Crippen LogP contribution in [0.15, 0.2) is 82.5 Å². The number of benzene rings is 3. The van der Waals surface area contributed by atoms with Gasteiger partial charge >= 0.3 is 0 Å². The summed E-state index contributed by atoms with van der Waals surface area (Å²) in [4.78, 5) is 34.5. The van der Waals surface area contributed by atoms with E-state index in [2.05, 4.69) is 9.97 Å². The van der Waals surface area contributed by atoms with E-state index in [0.717, 1.165) is 4.31 Å². The van der Waals surface area contributed by atoms with Gasteiger partial charge in [-0.25, -0.2) is 13.4 Å². The highest BCUT2D eigenvalue weighted by Crippen LogP contribution is 2.29. The van der Waals surface area contributed by atoms with Crippen molar-refractivity contribution in [2.24, 2.45) is 0 Å². The number of fused-ring (bicyclic) bond motifs is 1. The number of ether oxygens (including phenoxy) is 1. The maximum absolute atomic E-state index is 13.5. The predicted molar refractivity (Wildman–Crippen MR) is 142 cm³/mol. The standard InChI is InChI=1S/C26H25ClN4O5S/c1-30(19-8-4-3-5-9-19)37(34,35)23-16-18(12-13-21(23)27)26(33)31(14-15-36-2)17-24-28-22-11-7-6-10-20(22)25(32)29-24/h3-13,16H,14-15,17H2,1-2H3,(H,28,29,32). The number of aromatic nitrogens is 2. The molecular formula is C26H25ClN4O5S. The summed E-state index contributed by atoms with van der Waals surface area (Å²) in [5, 5.41) is 0.430. The Kier molecular flexibility index (Phi) is 7.91. The van der Waals surface area contributed by atoms with E-state index in [1.54, 1.807) is 54.6 Å². The van der Waals surface area contributed by atoms with Crippen LogP contribution >= 0.6 is 11.6 Å². The zero-order valence-electron chi connectivity index (χ0n) is 20.2. The summed E-state index contributed by atoms with van der Waals surface area (Å²) in [6, 6.07) is 19.5. The normalized spacial score (nSPS) is 11.4. The number of sulfonamides is 1. The van der Waals surface area contributed by atoms with E-state index < -0.39 is 15.9 Å². The molecule has 11 heteroatoms. The Morgan fingerprint density at radius 2 is 1.76 bits per heavy atom. The van der Waals surface area contributed by atoms with Crippen LogP contribution in [0.25, 0.3) is 10.9 Å². The van der Waals surface area contributed by atoms with Gasteiger partial charge in [0.25, 0.3) is 21.5 Å². The van der Waals surface area contributed by atoms with Gasteiger partial charge in [0.1, 0.15) is 10.7 Å². The van der Waals surface area contributed by atoms with Crippen molar-refractivity contribution in [2.75, 3.05) is 31.6 Å². The number of carbonyl (C=O) groups excluding carboxylic acids is 1. The van der Waals surface area contributed by atoms with Gasteiger partial charge in [-0.15, -0.1) is 0 Å². The van der Waals surface area contributed by atoms with Gasteiger partial charge in [-0.1, -0.05) is 41.9 Å². The second-order valence-electron chi connectivity index (χ2n) is 8.20. The predicted octanol–water partition coefficient (Wildman–Crippen LogP) is 3.69. The number of hydrogen-bond donors (Lipinski definition) is 1. The Morgan fingerprint density at radius 3 is 2.49 bits per heavy atom. The van der Waals surface area contributed by atoms with Crippen LogP contribution in [0.2, 0.25) is 5.02 Å². The first-order valence-corrected chi connectivity index (χ1v) is 13.1. The highest BCUT2D eigenvalue weighted by Gasteiger charge is 2.27. The molecule has 0 atom stereocenters. The molecule has 4 aromatic rings. The van der Waals surface area contributed by atoms with Crippen LogP contribution in [0.1, 0.15) is 16.2 Å². The number of anilines is 1. The quantitative estimate of drug-likeness (QED) is 0.346. The lowest BCUT2D eigenvalue weighted by Gasteiger charge is -2.23. The molecule has 9 nitrogen and oxygen atoms in total. The van der Waals surface area contributed by atoms with Gasteiger partial charge in [0.2, 0.25) is 0 Å². The SMILES string of the molecule is COCCN(Cc1nc2ccccc2c(=O)[nH]1)C(=O)c1ccc(Cl)c(S(=O)(=O)N(C)c2ccccc2)c1. The first-order chi connectivity index (χ1) is 17.7. The van der Waals surface area contributed by atoms with Crippen molar-refractivity contribution >= 4 is 44.1 Å². The van der Waals surface area contributed by atoms with Crippen LogP contribution in [0.4, 0.5) is 5.69 Å². The molecule has 0 aliphatic rings. The van der Waals surface area contributed by atoms with Gasteiger partial charge in [0, 0.05) is 26.3 Å². The number of amides is 1. The molecule has 4 rings (SSSR count). The largest absolute Gasteiger partial charge is 0.383 e. The Balaban J connectivity index is 1.68. The number of nitrogens with one attached hydrogen (secondary N) is 1. The van der Waals surface area contributed by atoms with Crippen LogP contribution in [-0.2, 0) is 21.3 Å². The van der Waals surface area contributed by atoms with Gasteiger partial charge < -0.3 is 14.6 Å². The Morgan fingerprint density at radius 1 is 1.05 bits per heavy atom. The second-order valence-corrected chi connectivity index (χ2v) is 10.5. The molecule has 37 heavy (non-hydrogen) atoms. The fourth-order valence-electron chi connectivity index (χ4n) is 3.79. The Bertz CT molecular complexity index is 1590. The van der Waals surface area contributed by atoms with Gasteiger partial charge in [-0.2, -0.15) is 0 Å². The summed E-state index contributed by atoms with van der Waals surface area (Å²) >= 11 is 6.28. The molecule has 0 saturated heterocycles. The molecule has 0 saturated carbocycles. The molecule has 0 aliphatic heterocycles. The molecule has 0 spiro atoms. The lowest BCUT2D eigenvalue weighted by atomic mass is 10.2. The van der Waals surface area contributed by atoms with Crippen molar-refractivity contribution in [3.05, 3.63) is 99.6 Å². The molecule has 0 unspecified atom stereocenters. The van der Waals surface area contributed by atoms with E-state index in [-0.39, 0.29) is 40.7 Å². The second kappa shape index (κ2) is 11.1. The summed E-state index contributed by atoms with van der Waals surface area (Å²) in [6.07, 6.45) is 0. The zero-order valence-corrected chi connectivity index (χ0v) is 21.8. The third-order valence-electron chi connectivity index (χ3n) is 5.79. The minimum absolute atomic E-state index is 0.0108. The average Bonchev–Trinajstić information content (AvgIpc) is 2.91. The molecule has 1 aromatic heterocycles. The molecule has 192 valence electrons. The molecular weight excluding hydrogens is 516 g/mol. The molecule has 3 aromatic carbocycles. The lowest BCUT2D eigenvalue weighted by molar-refractivity contribution is 0.0675. The van der Waals surface area contributed by atoms with Crippen molar-refractivity contribution in [3.8, 4) is 0 Å². The van der Waals surface area contributed by atoms with Gasteiger partial charge in [0.05, 0.1) is 34.8 Å². The maximum atomic E-state index is 13.5. The average molecular weight is 541 g/mol. The fourth-order valence-corrected chi connectivity index (χ4v) is 5.48. The Hall–Kier alpha value is -3.73. The van der Waals surface area contributed by atoms with E-state index in [0.29, 0.717) is 22.4 Å². The number of rotatable bonds is 9. The molecule has 0 radical (unpaired) electrons. The fraction of sp³-hybridized carbons (Fsp3) is 0.192. The van der Waals surface area contributed by atoms with Crippen molar-refractivity contribution < 1.29 is 17.9 Å². The van der Waals surface area contributed by atoms with Crippen molar-refractivity contribution in [1.29, 1.82) is 0 Å². The van der Waals surface area contributed by atoms with Crippen LogP contribution in [0, 0.1) is 0 Å². The third kappa shape index (κ3) is 5.66. The molecule has 0 aliphatic carbocycles. The van der Waals surface area contributed by atoms with Gasteiger partial charge in [-0.3, -0.25) is 13.9 Å². The van der Waals surface area contributed by atoms with Crippen molar-refractivity contribution in [2.45, 2.75) is 11.4 Å². The smallest absolute Gasteiger partial charge is 0.265 e. The molecule has 1 heterocycles. The van der Waals surface area contributed by atoms with Gasteiger partial charge in [-0.05, 0) is 42.5 Å². The number of hydrogen-bond acceptors (Lipinski definition) is 6. The summed E-state index contributed by atoms with van der Waals surface area (Å²) in [6.45, 7) is 0.385. The van der Waals surface area contributed by atoms with Crippen LogP contribution < -0.4 is 9.86 Å². The third-order valence-corrected chi connectivity index (χ3v) is 8.06. The summed E-state index contributed by atoms with van der Waals surface area (Å²) < 4.78 is 33.0. The first kappa shape index (κ1) is 26.3. The van der Waals surface area contributed by atoms with Crippen LogP contribution in [-0.4, -0.2) is 56.5 Å². The molecule has 0 fully saturated rings. The summed E-state index contributed by atoms with van der Waals surface area (Å²) in [7, 11) is -1.14. The highest BCUT2D eigenvalue weighted by molar-refractivity contribution is 7.93. The van der Waals surface area contributed by atoms with E-state index >= 15 is 0 Å². The van der Waals surface area contributed by atoms with E-state index in [4.69, 9.17) is 16.3 Å². The van der Waals surface area contributed by atoms with E-state index in [9.17, 15) is 18.0 Å². The highest BCUT2D eigenvalue weighted by atomic mass is 35.5. The number of H-pyrrole nitrogens is 1. The Labute approximate surface area is 219 Å². The molecule has 0 bridgehead atoms. The number of methoxy groups -OCH3 is 1. The summed E-state index contributed by atoms with van der Waals surface area (Å²) in [5.74, 6) is -0.179. The minimum atomic E-state index is -4.06. The maximum Gasteiger partial charge on any atom is 0.265 e. The number of para-hydroxylation sites is 2. The first-order valence-electron chi connectivity index (χ1n) is 11.3. The van der Waals surface area contributed by atoms with Crippen LogP contribution in [0.5, 0.6) is 0 Å². The number of halogens is 1. The van der Waals surface area contributed by atoms with Crippen molar-refractivity contribution in [1.82, 2.24) is 14.9 Å². The van der Waals surface area contributed by atoms with Crippen LogP contribution in [0.3, 0.4) is 0 Å². The topological polar surface area (TPSA) is 113 Å². The molecule has 1 amide bonds. The summed E-state index contributed by atoms with van der Waals surface area (Å²) in [5.41, 5.74) is 0.750. The van der Waals surface area contributed by atoms with E-state index in [1.807, 2.05) is 0 Å². The number of nitrogens with zero attached hydrogens (tertiary/aromatic N) is 3. The molecule has 1 N–H and O–H groups in total. The zero-order chi connectivity index (χ0) is 26.6. The van der Waals surface area contributed by atoms with Gasteiger partial charge in [0.15, 0.2) is 0 Å². The van der Waals surface area contributed by atoms with E-state index in [1.165, 1.54) is 37.3 Å². The lowest BCUT2D eigenvalue weighted by Crippen LogP contribution is -2.35. The number of aromatic amines is 1. The minimum Gasteiger partial charge on any atom is -0.383 e. The monoisotopic (exact) mass is 540 g/mol. The number of carbonyl (C=O) groups is 1. The van der Waals surface area contributed by atoms with Crippen molar-refractivity contribution in [3.63, 3.8) is 0 Å².